The predicted octanol–water partition coefficient (Wildman–Crippen LogP) is 7.87. The van der Waals surface area contributed by atoms with Crippen LogP contribution in [0.3, 0.4) is 0 Å². The number of anilines is 2. The molecule has 9 heteroatoms. The SMILES string of the molecule is O=C1CCC(Nc2ccc(C3CCN(CC4COC5(CCN(c6ccc([C@@H]7c8ccc(O)cc8CC[C@@H]7c7ccccc7)cc6)CC5)C4)CC3)c(F)c2)C(=O)N1. The van der Waals surface area contributed by atoms with Crippen LogP contribution in [0.4, 0.5) is 15.8 Å². The summed E-state index contributed by atoms with van der Waals surface area (Å²) in [4.78, 5) is 28.7. The molecular weight excluding hydrogens is 704 g/mol. The van der Waals surface area contributed by atoms with Gasteiger partial charge in [0.15, 0.2) is 0 Å². The van der Waals surface area contributed by atoms with E-state index in [-0.39, 0.29) is 41.5 Å². The van der Waals surface area contributed by atoms with E-state index < -0.39 is 6.04 Å². The normalized spacial score (nSPS) is 25.6. The van der Waals surface area contributed by atoms with Crippen LogP contribution in [0.1, 0.15) is 96.9 Å². The van der Waals surface area contributed by atoms with Crippen LogP contribution in [0.5, 0.6) is 5.75 Å². The molecule has 2 amide bonds. The number of nitrogens with zero attached hydrogens (tertiary/aromatic N) is 2. The van der Waals surface area contributed by atoms with Crippen LogP contribution < -0.4 is 15.5 Å². The first kappa shape index (κ1) is 36.9. The molecule has 4 aromatic carbocycles. The van der Waals surface area contributed by atoms with E-state index in [1.54, 1.807) is 0 Å². The van der Waals surface area contributed by atoms with E-state index in [1.807, 2.05) is 24.3 Å². The molecule has 4 aliphatic heterocycles. The quantitative estimate of drug-likeness (QED) is 0.158. The number of carbonyl (C=O) groups excluding carboxylic acids is 2. The number of piperidine rings is 3. The highest BCUT2D eigenvalue weighted by Crippen LogP contribution is 2.47. The maximum atomic E-state index is 15.3. The number of fused-ring (bicyclic) bond motifs is 1. The van der Waals surface area contributed by atoms with E-state index >= 15 is 4.39 Å². The van der Waals surface area contributed by atoms with Crippen molar-refractivity contribution in [3.8, 4) is 5.75 Å². The Hall–Kier alpha value is -4.73. The number of phenolic OH excluding ortho intramolecular Hbond substituents is 1. The zero-order chi connectivity index (χ0) is 38.2. The second-order valence-electron chi connectivity index (χ2n) is 17.0. The van der Waals surface area contributed by atoms with Crippen LogP contribution in [0, 0.1) is 11.7 Å². The van der Waals surface area contributed by atoms with Crippen LogP contribution in [-0.4, -0.2) is 72.8 Å². The average molecular weight is 757 g/mol. The first-order chi connectivity index (χ1) is 27.3. The maximum Gasteiger partial charge on any atom is 0.249 e. The highest BCUT2D eigenvalue weighted by atomic mass is 19.1. The number of halogens is 1. The molecule has 4 aromatic rings. The zero-order valence-corrected chi connectivity index (χ0v) is 32.1. The number of benzene rings is 4. The van der Waals surface area contributed by atoms with Crippen LogP contribution in [0.25, 0.3) is 0 Å². The number of imide groups is 1. The Morgan fingerprint density at radius 1 is 0.821 bits per heavy atom. The van der Waals surface area contributed by atoms with Crippen molar-refractivity contribution in [2.24, 2.45) is 5.92 Å². The molecule has 4 fully saturated rings. The molecule has 2 unspecified atom stereocenters. The minimum atomic E-state index is -0.525. The lowest BCUT2D eigenvalue weighted by molar-refractivity contribution is -0.133. The van der Waals surface area contributed by atoms with Gasteiger partial charge in [0.25, 0.3) is 0 Å². The van der Waals surface area contributed by atoms with Gasteiger partial charge >= 0.3 is 0 Å². The molecular formula is C47H53FN4O4. The Morgan fingerprint density at radius 3 is 2.34 bits per heavy atom. The van der Waals surface area contributed by atoms with Crippen molar-refractivity contribution in [2.45, 2.75) is 87.2 Å². The van der Waals surface area contributed by atoms with Crippen molar-refractivity contribution in [2.75, 3.05) is 49.5 Å². The molecule has 56 heavy (non-hydrogen) atoms. The van der Waals surface area contributed by atoms with Gasteiger partial charge in [0, 0.05) is 43.3 Å². The number of aryl methyl sites for hydroxylation is 1. The number of carbonyl (C=O) groups is 2. The summed E-state index contributed by atoms with van der Waals surface area (Å²) in [6, 6.07) is 30.8. The van der Waals surface area contributed by atoms with Crippen LogP contribution in [0.2, 0.25) is 0 Å². The molecule has 0 saturated carbocycles. The molecule has 5 aliphatic rings. The smallest absolute Gasteiger partial charge is 0.249 e. The highest BCUT2D eigenvalue weighted by molar-refractivity contribution is 6.01. The fourth-order valence-electron chi connectivity index (χ4n) is 10.5. The molecule has 0 radical (unpaired) electrons. The molecule has 1 spiro atoms. The summed E-state index contributed by atoms with van der Waals surface area (Å²) < 4.78 is 21.9. The molecule has 4 saturated heterocycles. The summed E-state index contributed by atoms with van der Waals surface area (Å²) in [7, 11) is 0. The predicted molar refractivity (Wildman–Crippen MR) is 217 cm³/mol. The number of rotatable bonds is 8. The third kappa shape index (κ3) is 7.68. The molecule has 3 N–H and O–H groups in total. The molecule has 0 bridgehead atoms. The number of ether oxygens (including phenoxy) is 1. The standard InChI is InChI=1S/C47H53FN4O4/c48-42-27-36(49-43-16-17-44(54)50-46(43)55)9-14-39(42)33-18-22-51(23-19-33)29-31-28-47(56-30-31)20-24-52(25-21-47)37-10-6-34(7-11-37)45-40(32-4-2-1-3-5-32)13-8-35-26-38(53)12-15-41(35)45/h1-7,9-12,14-15,26-27,31,33,40,43,45,49,53H,8,13,16-25,28-30H2,(H,50,54,55)/t31?,40-,43?,45+/m1/s1. The van der Waals surface area contributed by atoms with Gasteiger partial charge in [-0.2, -0.15) is 0 Å². The number of aromatic hydroxyl groups is 1. The second-order valence-corrected chi connectivity index (χ2v) is 17.0. The number of phenols is 1. The molecule has 4 atom stereocenters. The van der Waals surface area contributed by atoms with Gasteiger partial charge in [-0.25, -0.2) is 4.39 Å². The largest absolute Gasteiger partial charge is 0.508 e. The van der Waals surface area contributed by atoms with Crippen LogP contribution >= 0.6 is 0 Å². The summed E-state index contributed by atoms with van der Waals surface area (Å²) in [5.74, 6) is 0.837. The lowest BCUT2D eigenvalue weighted by Crippen LogP contribution is -2.47. The lowest BCUT2D eigenvalue weighted by atomic mass is 9.69. The fraction of sp³-hybridized carbons (Fsp3) is 0.447. The summed E-state index contributed by atoms with van der Waals surface area (Å²) in [6.07, 6.45) is 7.76. The molecule has 0 aromatic heterocycles. The number of hydrogen-bond donors (Lipinski definition) is 3. The minimum absolute atomic E-state index is 0.0353. The monoisotopic (exact) mass is 756 g/mol. The molecule has 292 valence electrons. The van der Waals surface area contributed by atoms with Crippen LogP contribution in [-0.2, 0) is 20.7 Å². The highest BCUT2D eigenvalue weighted by Gasteiger charge is 2.43. The van der Waals surface area contributed by atoms with Crippen molar-refractivity contribution in [1.29, 1.82) is 0 Å². The van der Waals surface area contributed by atoms with Gasteiger partial charge < -0.3 is 25.0 Å². The first-order valence-corrected chi connectivity index (χ1v) is 20.8. The van der Waals surface area contributed by atoms with Gasteiger partial charge in [-0.1, -0.05) is 54.6 Å². The number of nitrogens with one attached hydrogen (secondary N) is 2. The van der Waals surface area contributed by atoms with E-state index in [0.29, 0.717) is 29.7 Å². The first-order valence-electron chi connectivity index (χ1n) is 20.8. The number of hydrogen-bond acceptors (Lipinski definition) is 7. The third-order valence-corrected chi connectivity index (χ3v) is 13.5. The Balaban J connectivity index is 0.766. The summed E-state index contributed by atoms with van der Waals surface area (Å²) in [5, 5.41) is 15.7. The topological polar surface area (TPSA) is 94.1 Å². The van der Waals surface area contributed by atoms with E-state index in [9.17, 15) is 14.7 Å². The average Bonchev–Trinajstić information content (AvgIpc) is 3.60. The summed E-state index contributed by atoms with van der Waals surface area (Å²) >= 11 is 0. The lowest BCUT2D eigenvalue weighted by Gasteiger charge is -2.40. The second kappa shape index (κ2) is 15.7. The number of amides is 2. The van der Waals surface area contributed by atoms with Crippen molar-refractivity contribution >= 4 is 23.2 Å². The van der Waals surface area contributed by atoms with Gasteiger partial charge in [-0.05, 0) is 146 Å². The Morgan fingerprint density at radius 2 is 1.59 bits per heavy atom. The molecule has 4 heterocycles. The Bertz CT molecular complexity index is 2040. The van der Waals surface area contributed by atoms with Crippen molar-refractivity contribution in [3.05, 3.63) is 125 Å². The van der Waals surface area contributed by atoms with E-state index in [2.05, 4.69) is 81.1 Å². The molecule has 8 nitrogen and oxygen atoms in total. The fourth-order valence-corrected chi connectivity index (χ4v) is 10.5. The zero-order valence-electron chi connectivity index (χ0n) is 32.1. The molecule has 9 rings (SSSR count). The van der Waals surface area contributed by atoms with E-state index in [4.69, 9.17) is 4.74 Å². The van der Waals surface area contributed by atoms with Crippen LogP contribution in [0.15, 0.2) is 91.0 Å². The van der Waals surface area contributed by atoms with Gasteiger partial charge in [0.05, 0.1) is 12.2 Å². The van der Waals surface area contributed by atoms with E-state index in [0.717, 1.165) is 89.8 Å². The maximum absolute atomic E-state index is 15.3. The Kier molecular flexibility index (Phi) is 10.3. The summed E-state index contributed by atoms with van der Waals surface area (Å²) in [6.45, 7) is 5.73. The van der Waals surface area contributed by atoms with Crippen molar-refractivity contribution in [3.63, 3.8) is 0 Å². The third-order valence-electron chi connectivity index (χ3n) is 13.5. The Labute approximate surface area is 329 Å². The van der Waals surface area contributed by atoms with Gasteiger partial charge in [0.2, 0.25) is 11.8 Å². The van der Waals surface area contributed by atoms with E-state index in [1.165, 1.54) is 34.0 Å². The number of likely N-dealkylation sites (tertiary alicyclic amines) is 1. The molecule has 1 aliphatic carbocycles. The summed E-state index contributed by atoms with van der Waals surface area (Å²) in [5.41, 5.74) is 7.85. The van der Waals surface area contributed by atoms with Crippen molar-refractivity contribution in [1.82, 2.24) is 10.2 Å². The minimum Gasteiger partial charge on any atom is -0.508 e. The van der Waals surface area contributed by atoms with Gasteiger partial charge in [-0.15, -0.1) is 0 Å². The van der Waals surface area contributed by atoms with Gasteiger partial charge in [0.1, 0.15) is 17.6 Å². The van der Waals surface area contributed by atoms with Gasteiger partial charge in [-0.3, -0.25) is 14.9 Å². The van der Waals surface area contributed by atoms with Crippen molar-refractivity contribution < 1.29 is 23.8 Å².